The second-order valence-corrected chi connectivity index (χ2v) is 23.2. The molecule has 2 N–H and O–H groups in total. The van der Waals surface area contributed by atoms with Gasteiger partial charge in [-0.1, -0.05) is 65.1 Å². The van der Waals surface area contributed by atoms with Crippen LogP contribution in [-0.2, 0) is 33.9 Å². The van der Waals surface area contributed by atoms with Crippen LogP contribution in [0.1, 0.15) is 99.1 Å². The first-order valence-corrected chi connectivity index (χ1v) is 26.9. The third-order valence-corrected chi connectivity index (χ3v) is 15.7. The summed E-state index contributed by atoms with van der Waals surface area (Å²) in [5.41, 5.74) is 5.09. The number of carboxylic acid groups (broad SMARTS) is 1. The molecular weight excluding hydrogens is 1020 g/mol. The molecule has 1 aromatic carbocycles. The number of unbranched alkanes of at least 4 members (excludes halogenated alkanes) is 2. The maximum Gasteiger partial charge on any atom is 0.355 e. The first-order valence-electron chi connectivity index (χ1n) is 24.6. The van der Waals surface area contributed by atoms with Crippen LogP contribution in [0.5, 0.6) is 0 Å². The summed E-state index contributed by atoms with van der Waals surface area (Å²) in [5, 5.41) is 37.8. The third-order valence-electron chi connectivity index (χ3n) is 14.3. The summed E-state index contributed by atoms with van der Waals surface area (Å²) < 4.78 is 24.1. The number of hydrogen-bond acceptors (Lipinski definition) is 15. The van der Waals surface area contributed by atoms with Crippen LogP contribution in [0.25, 0.3) is 21.3 Å². The van der Waals surface area contributed by atoms with Gasteiger partial charge in [-0.05, 0) is 138 Å². The number of nitrogens with one attached hydrogen (secondary N) is 1. The van der Waals surface area contributed by atoms with Gasteiger partial charge in [-0.25, -0.2) is 14.8 Å². The highest BCUT2D eigenvalue weighted by Gasteiger charge is 2.66. The van der Waals surface area contributed by atoms with Crippen LogP contribution in [0.4, 0.5) is 22.6 Å². The highest BCUT2D eigenvalue weighted by molar-refractivity contribution is 14.1. The van der Waals surface area contributed by atoms with E-state index in [4.69, 9.17) is 34.4 Å². The molecule has 5 aromatic heterocycles. The molecule has 4 aliphatic carbocycles. The van der Waals surface area contributed by atoms with Gasteiger partial charge in [-0.2, -0.15) is 5.10 Å². The molecule has 19 heteroatoms. The average molecular weight is 1090 g/mol. The van der Waals surface area contributed by atoms with E-state index in [9.17, 15) is 9.90 Å². The van der Waals surface area contributed by atoms with E-state index in [0.29, 0.717) is 55.9 Å². The monoisotopic (exact) mass is 1090 g/mol. The van der Waals surface area contributed by atoms with E-state index in [1.54, 1.807) is 11.3 Å². The number of rotatable bonds is 25. The molecule has 0 radical (unpaired) electrons. The van der Waals surface area contributed by atoms with Crippen LogP contribution in [0, 0.1) is 30.1 Å². The largest absolute Gasteiger partial charge is 0.476 e. The van der Waals surface area contributed by atoms with Crippen molar-refractivity contribution in [1.29, 1.82) is 0 Å². The van der Waals surface area contributed by atoms with Gasteiger partial charge >= 0.3 is 5.97 Å². The summed E-state index contributed by atoms with van der Waals surface area (Å²) in [7, 11) is 4.20. The zero-order chi connectivity index (χ0) is 49.1. The number of para-hydroxylation sites is 1. The molecule has 70 heavy (non-hydrogen) atoms. The van der Waals surface area contributed by atoms with Gasteiger partial charge in [-0.3, -0.25) is 9.36 Å². The fraction of sp³-hybridized carbons (Fsp3) is 0.569. The Kier molecular flexibility index (Phi) is 15.2. The molecule has 10 rings (SSSR count). The second kappa shape index (κ2) is 21.2. The number of aromatic carboxylic acids is 1. The number of nitrogens with zero attached hydrogens (tertiary/aromatic N) is 11. The number of hydrogen-bond donors (Lipinski definition) is 2. The smallest absolute Gasteiger partial charge is 0.355 e. The molecule has 4 atom stereocenters. The lowest BCUT2D eigenvalue weighted by molar-refractivity contribution is -0.248. The molecule has 0 amide bonds. The summed E-state index contributed by atoms with van der Waals surface area (Å²) >= 11 is 3.84. The highest BCUT2D eigenvalue weighted by atomic mass is 127. The summed E-state index contributed by atoms with van der Waals surface area (Å²) in [4.78, 5) is 27.0. The summed E-state index contributed by atoms with van der Waals surface area (Å²) in [6, 6.07) is 13.7. The van der Waals surface area contributed by atoms with E-state index in [1.165, 1.54) is 6.42 Å². The minimum Gasteiger partial charge on any atom is -0.476 e. The van der Waals surface area contributed by atoms with Gasteiger partial charge in [-0.15, -0.1) is 15.3 Å². The third kappa shape index (κ3) is 11.5. The minimum atomic E-state index is -1.11. The lowest BCUT2D eigenvalue weighted by Crippen LogP contribution is -2.64. The van der Waals surface area contributed by atoms with Crippen molar-refractivity contribution >= 4 is 72.7 Å². The van der Waals surface area contributed by atoms with Gasteiger partial charge in [0.05, 0.1) is 61.2 Å². The number of aryl methyl sites for hydroxylation is 2. The number of ether oxygens (including phenoxy) is 3. The summed E-state index contributed by atoms with van der Waals surface area (Å²) in [5.74, 6) is 0.523. The molecular formula is C51H67IN12O5S. The van der Waals surface area contributed by atoms with E-state index in [-0.39, 0.29) is 27.5 Å². The molecule has 0 aliphatic heterocycles. The lowest BCUT2D eigenvalue weighted by atomic mass is 9.39. The number of thiazole rings is 1. The Morgan fingerprint density at radius 1 is 0.871 bits per heavy atom. The van der Waals surface area contributed by atoms with E-state index < -0.39 is 5.97 Å². The highest BCUT2D eigenvalue weighted by Crippen LogP contribution is 2.72. The Balaban J connectivity index is 0.932. The first kappa shape index (κ1) is 50.3. The maximum absolute atomic E-state index is 13.2. The van der Waals surface area contributed by atoms with E-state index >= 15 is 0 Å². The molecule has 0 spiro atoms. The molecule has 374 valence electrons. The van der Waals surface area contributed by atoms with E-state index in [2.05, 4.69) is 87.8 Å². The Hall–Kier alpha value is -4.67. The topological polar surface area (TPSA) is 184 Å². The molecule has 4 bridgehead atoms. The normalized spacial score (nSPS) is 22.7. The van der Waals surface area contributed by atoms with Crippen LogP contribution in [0.3, 0.4) is 0 Å². The molecule has 5 heterocycles. The van der Waals surface area contributed by atoms with Crippen molar-refractivity contribution < 1.29 is 24.1 Å². The number of halogens is 1. The number of benzene rings is 1. The van der Waals surface area contributed by atoms with Crippen molar-refractivity contribution in [3.05, 3.63) is 77.5 Å². The van der Waals surface area contributed by atoms with Crippen LogP contribution in [0.15, 0.2) is 54.9 Å². The molecule has 2 unspecified atom stereocenters. The number of aromatic nitrogens is 9. The number of alkyl halides is 1. The Labute approximate surface area is 428 Å². The molecule has 4 aliphatic rings. The zero-order valence-corrected chi connectivity index (χ0v) is 44.4. The predicted molar refractivity (Wildman–Crippen MR) is 281 cm³/mol. The average Bonchev–Trinajstić information content (AvgIpc) is 4.03. The van der Waals surface area contributed by atoms with Gasteiger partial charge in [0.1, 0.15) is 11.5 Å². The van der Waals surface area contributed by atoms with Crippen molar-refractivity contribution in [3.63, 3.8) is 0 Å². The van der Waals surface area contributed by atoms with Gasteiger partial charge in [0.2, 0.25) is 0 Å². The van der Waals surface area contributed by atoms with Crippen molar-refractivity contribution in [1.82, 2.24) is 49.8 Å². The summed E-state index contributed by atoms with van der Waals surface area (Å²) in [6.45, 7) is 14.8. The van der Waals surface area contributed by atoms with Crippen molar-refractivity contribution in [2.24, 2.45) is 16.2 Å². The maximum atomic E-state index is 13.2. The SMILES string of the molecule is Cc1cc(N(CCCCCn2cc(COCCOCCI)nn2)c2ccc(-c3cnn(CC45CC6(OCCN(C)C)C[C@](C)(C4)C[C@](C)(C5)C6)c3C)c(C(=O)O)n2)nnc1Nc1nc2ccccc2s1. The lowest BCUT2D eigenvalue weighted by Gasteiger charge is -2.69. The van der Waals surface area contributed by atoms with Gasteiger partial charge in [0, 0.05) is 47.4 Å². The van der Waals surface area contributed by atoms with E-state index in [0.717, 1.165) is 120 Å². The number of likely N-dealkylation sites (N-methyl/N-ethyl adjacent to an activating group) is 1. The number of carboxylic acids is 1. The van der Waals surface area contributed by atoms with Crippen LogP contribution in [-0.4, -0.2) is 125 Å². The minimum absolute atomic E-state index is 0.0360. The predicted octanol–water partition coefficient (Wildman–Crippen LogP) is 9.67. The van der Waals surface area contributed by atoms with Gasteiger partial charge < -0.3 is 34.4 Å². The van der Waals surface area contributed by atoms with Gasteiger partial charge in [0.15, 0.2) is 22.5 Å². The molecule has 4 fully saturated rings. The van der Waals surface area contributed by atoms with Crippen LogP contribution >= 0.6 is 33.9 Å². The van der Waals surface area contributed by atoms with Crippen molar-refractivity contribution in [2.45, 2.75) is 111 Å². The Bertz CT molecular complexity index is 2730. The van der Waals surface area contributed by atoms with E-state index in [1.807, 2.05) is 71.4 Å². The fourth-order valence-electron chi connectivity index (χ4n) is 12.5. The standard InChI is InChI=1S/C51H67IN12O5S/c1-35-24-43(58-59-45(35)56-47-54-40-12-8-9-13-41(40)70-47)63(18-11-7-10-17-62-26-37(57-60-62)27-68-23-22-67-20-16-52)42-15-14-38(44(55-42)46(65)66)39-25-53-64(36(39)2)34-50-29-48(3)28-49(4,30-50)32-51(31-48,33-50)69-21-19-61(5)6/h8-9,12-15,24-26H,7,10-11,16-23,27-34H2,1-6H3,(H,65,66)(H,54,56,59)/t48-,49+,50?,51?. The zero-order valence-electron chi connectivity index (χ0n) is 41.4. The molecule has 4 saturated carbocycles. The first-order chi connectivity index (χ1) is 33.6. The summed E-state index contributed by atoms with van der Waals surface area (Å²) in [6.07, 6.45) is 13.0. The number of anilines is 4. The number of fused-ring (bicyclic) bond motifs is 1. The number of pyridine rings is 1. The molecule has 0 saturated heterocycles. The second-order valence-electron chi connectivity index (χ2n) is 21.1. The van der Waals surface area contributed by atoms with Crippen molar-refractivity contribution in [2.75, 3.05) is 68.3 Å². The molecule has 17 nitrogen and oxygen atoms in total. The quantitative estimate of drug-likeness (QED) is 0.0314. The van der Waals surface area contributed by atoms with Crippen LogP contribution in [0.2, 0.25) is 0 Å². The fourth-order valence-corrected chi connectivity index (χ4v) is 13.7. The Morgan fingerprint density at radius 2 is 1.67 bits per heavy atom. The van der Waals surface area contributed by atoms with Crippen LogP contribution < -0.4 is 10.2 Å². The number of carbonyl (C=O) groups is 1. The van der Waals surface area contributed by atoms with Crippen molar-refractivity contribution in [3.8, 4) is 11.1 Å². The van der Waals surface area contributed by atoms with Gasteiger partial charge in [0.25, 0.3) is 0 Å². The Morgan fingerprint density at radius 3 is 2.43 bits per heavy atom. The molecule has 6 aromatic rings.